The summed E-state index contributed by atoms with van der Waals surface area (Å²) in [7, 11) is 0. The molecule has 0 bridgehead atoms. The normalized spacial score (nSPS) is 18.9. The zero-order chi connectivity index (χ0) is 22.3. The van der Waals surface area contributed by atoms with Gasteiger partial charge in [0.2, 0.25) is 11.8 Å². The molecule has 7 heteroatoms. The summed E-state index contributed by atoms with van der Waals surface area (Å²) in [5, 5.41) is 4.04. The van der Waals surface area contributed by atoms with E-state index in [1.165, 1.54) is 38.5 Å². The van der Waals surface area contributed by atoms with Crippen molar-refractivity contribution in [2.24, 2.45) is 5.92 Å². The molecule has 1 amide bonds. The number of likely N-dealkylation sites (tertiary alicyclic amines) is 1. The summed E-state index contributed by atoms with van der Waals surface area (Å²) in [5.41, 5.74) is -0.522. The minimum atomic E-state index is -0.522. The summed E-state index contributed by atoms with van der Waals surface area (Å²) >= 11 is 0. The predicted molar refractivity (Wildman–Crippen MR) is 117 cm³/mol. The largest absolute Gasteiger partial charge is 0.460 e. The average Bonchev–Trinajstić information content (AvgIpc) is 3.39. The van der Waals surface area contributed by atoms with Gasteiger partial charge >= 0.3 is 5.97 Å². The molecule has 0 aromatic carbocycles. The van der Waals surface area contributed by atoms with Gasteiger partial charge in [0.25, 0.3) is 0 Å². The molecule has 2 fully saturated rings. The maximum atomic E-state index is 12.5. The van der Waals surface area contributed by atoms with Gasteiger partial charge in [0, 0.05) is 19.0 Å². The highest BCUT2D eigenvalue weighted by Gasteiger charge is 2.27. The lowest BCUT2D eigenvalue weighted by molar-refractivity contribution is -0.155. The van der Waals surface area contributed by atoms with Crippen molar-refractivity contribution in [1.29, 1.82) is 0 Å². The molecule has 7 nitrogen and oxygen atoms in total. The van der Waals surface area contributed by atoms with E-state index in [2.05, 4.69) is 10.1 Å². The Labute approximate surface area is 186 Å². The first kappa shape index (κ1) is 23.7. The highest BCUT2D eigenvalue weighted by atomic mass is 16.6. The third-order valence-corrected chi connectivity index (χ3v) is 6.32. The molecule has 1 saturated heterocycles. The third kappa shape index (κ3) is 7.93. The lowest BCUT2D eigenvalue weighted by Crippen LogP contribution is -2.29. The van der Waals surface area contributed by atoms with Crippen molar-refractivity contribution in [3.8, 4) is 0 Å². The van der Waals surface area contributed by atoms with Gasteiger partial charge in [0.1, 0.15) is 5.60 Å². The highest BCUT2D eigenvalue weighted by Crippen LogP contribution is 2.31. The number of rotatable bonds is 9. The predicted octanol–water partition coefficient (Wildman–Crippen LogP) is 4.80. The number of nitrogens with zero attached hydrogens (tertiary/aromatic N) is 3. The van der Waals surface area contributed by atoms with Crippen molar-refractivity contribution < 1.29 is 18.8 Å². The second kappa shape index (κ2) is 11.1. The molecule has 3 rings (SSSR count). The molecule has 1 aromatic rings. The van der Waals surface area contributed by atoms with Gasteiger partial charge in [-0.05, 0) is 46.0 Å². The van der Waals surface area contributed by atoms with Crippen molar-refractivity contribution in [3.63, 3.8) is 0 Å². The Bertz CT molecular complexity index is 713. The number of esters is 1. The lowest BCUT2D eigenvalue weighted by atomic mass is 9.84. The number of carbonyl (C=O) groups excluding carboxylic acids is 2. The van der Waals surface area contributed by atoms with Crippen molar-refractivity contribution in [2.45, 2.75) is 109 Å². The fourth-order valence-electron chi connectivity index (χ4n) is 4.74. The summed E-state index contributed by atoms with van der Waals surface area (Å²) in [4.78, 5) is 31.3. The van der Waals surface area contributed by atoms with Crippen LogP contribution in [0.5, 0.6) is 0 Å². The van der Waals surface area contributed by atoms with Crippen LogP contribution in [0.15, 0.2) is 4.52 Å². The van der Waals surface area contributed by atoms with E-state index in [4.69, 9.17) is 9.26 Å². The average molecular weight is 434 g/mol. The second-order valence-corrected chi connectivity index (χ2v) is 10.2. The topological polar surface area (TPSA) is 85.5 Å². The summed E-state index contributed by atoms with van der Waals surface area (Å²) < 4.78 is 11.1. The Hall–Kier alpha value is -1.92. The summed E-state index contributed by atoms with van der Waals surface area (Å²) in [6, 6.07) is 0. The van der Waals surface area contributed by atoms with Gasteiger partial charge < -0.3 is 14.2 Å². The fourth-order valence-corrected chi connectivity index (χ4v) is 4.74. The molecule has 0 N–H and O–H groups in total. The van der Waals surface area contributed by atoms with Crippen LogP contribution in [-0.4, -0.2) is 45.6 Å². The van der Waals surface area contributed by atoms with Gasteiger partial charge in [-0.3, -0.25) is 9.59 Å². The molecule has 2 heterocycles. The van der Waals surface area contributed by atoms with Crippen LogP contribution in [0.4, 0.5) is 0 Å². The van der Waals surface area contributed by atoms with Crippen molar-refractivity contribution >= 4 is 11.9 Å². The molecule has 0 radical (unpaired) electrons. The van der Waals surface area contributed by atoms with Gasteiger partial charge in [-0.1, -0.05) is 50.1 Å². The molecule has 31 heavy (non-hydrogen) atoms. The van der Waals surface area contributed by atoms with E-state index < -0.39 is 5.60 Å². The Morgan fingerprint density at radius 2 is 1.84 bits per heavy atom. The number of hydrogen-bond acceptors (Lipinski definition) is 6. The van der Waals surface area contributed by atoms with Gasteiger partial charge in [-0.15, -0.1) is 0 Å². The summed E-state index contributed by atoms with van der Waals surface area (Å²) in [5.74, 6) is 1.30. The molecule has 2 aliphatic rings. The summed E-state index contributed by atoms with van der Waals surface area (Å²) in [6.07, 6.45) is 12.2. The van der Waals surface area contributed by atoms with Crippen molar-refractivity contribution in [1.82, 2.24) is 15.0 Å². The fraction of sp³-hybridized carbons (Fsp3) is 0.833. The van der Waals surface area contributed by atoms with E-state index in [1.54, 1.807) is 0 Å². The van der Waals surface area contributed by atoms with Crippen LogP contribution in [0.25, 0.3) is 0 Å². The van der Waals surface area contributed by atoms with Gasteiger partial charge in [0.15, 0.2) is 5.82 Å². The second-order valence-electron chi connectivity index (χ2n) is 10.2. The van der Waals surface area contributed by atoms with E-state index >= 15 is 0 Å². The standard InChI is InChI=1S/C24H39N3O4/c1-24(2,3)30-22(29)16-19(13-9-12-18-10-5-4-6-11-18)23-25-20(26-31-23)17-21(28)27-14-7-8-15-27/h18-19H,4-17H2,1-3H3. The zero-order valence-electron chi connectivity index (χ0n) is 19.5. The van der Waals surface area contributed by atoms with Crippen LogP contribution in [0.1, 0.15) is 109 Å². The monoisotopic (exact) mass is 433 g/mol. The number of aromatic nitrogens is 2. The maximum Gasteiger partial charge on any atom is 0.307 e. The van der Waals surface area contributed by atoms with Crippen LogP contribution in [0.3, 0.4) is 0 Å². The first-order chi connectivity index (χ1) is 14.8. The van der Waals surface area contributed by atoms with E-state index in [1.807, 2.05) is 25.7 Å². The molecular weight excluding hydrogens is 394 g/mol. The number of hydrogen-bond donors (Lipinski definition) is 0. The molecule has 174 valence electrons. The smallest absolute Gasteiger partial charge is 0.307 e. The van der Waals surface area contributed by atoms with E-state index in [9.17, 15) is 9.59 Å². The Morgan fingerprint density at radius 3 is 2.52 bits per heavy atom. The molecule has 1 aliphatic heterocycles. The molecule has 1 unspecified atom stereocenters. The van der Waals surface area contributed by atoms with E-state index in [0.717, 1.165) is 44.7 Å². The first-order valence-corrected chi connectivity index (χ1v) is 12.1. The Morgan fingerprint density at radius 1 is 1.13 bits per heavy atom. The quantitative estimate of drug-likeness (QED) is 0.520. The van der Waals surface area contributed by atoms with Crippen LogP contribution in [-0.2, 0) is 20.7 Å². The van der Waals surface area contributed by atoms with Gasteiger partial charge in [-0.2, -0.15) is 4.98 Å². The van der Waals surface area contributed by atoms with Crippen molar-refractivity contribution in [2.75, 3.05) is 13.1 Å². The van der Waals surface area contributed by atoms with Crippen LogP contribution in [0, 0.1) is 5.92 Å². The minimum absolute atomic E-state index is 0.0471. The van der Waals surface area contributed by atoms with E-state index in [0.29, 0.717) is 11.7 Å². The van der Waals surface area contributed by atoms with Crippen LogP contribution in [0.2, 0.25) is 0 Å². The van der Waals surface area contributed by atoms with Gasteiger partial charge in [0.05, 0.1) is 12.8 Å². The number of ether oxygens (including phenoxy) is 1. The molecule has 1 aliphatic carbocycles. The number of amides is 1. The SMILES string of the molecule is CC(C)(C)OC(=O)CC(CCCC1CCCCC1)c1nc(CC(=O)N2CCCC2)no1. The third-order valence-electron chi connectivity index (χ3n) is 6.32. The first-order valence-electron chi connectivity index (χ1n) is 12.1. The minimum Gasteiger partial charge on any atom is -0.460 e. The highest BCUT2D eigenvalue weighted by molar-refractivity contribution is 5.78. The van der Waals surface area contributed by atoms with Gasteiger partial charge in [-0.25, -0.2) is 0 Å². The van der Waals surface area contributed by atoms with Crippen molar-refractivity contribution in [3.05, 3.63) is 11.7 Å². The lowest BCUT2D eigenvalue weighted by Gasteiger charge is -2.23. The molecular formula is C24H39N3O4. The number of carbonyl (C=O) groups is 2. The molecule has 1 aromatic heterocycles. The maximum absolute atomic E-state index is 12.5. The van der Waals surface area contributed by atoms with Crippen LogP contribution >= 0.6 is 0 Å². The molecule has 1 atom stereocenters. The van der Waals surface area contributed by atoms with E-state index in [-0.39, 0.29) is 30.6 Å². The molecule has 0 spiro atoms. The molecule has 1 saturated carbocycles. The summed E-state index contributed by atoms with van der Waals surface area (Å²) in [6.45, 7) is 7.24. The Balaban J connectivity index is 1.59. The van der Waals surface area contributed by atoms with Crippen LogP contribution < -0.4 is 0 Å². The Kier molecular flexibility index (Phi) is 8.50. The zero-order valence-corrected chi connectivity index (χ0v) is 19.5.